The third-order valence-corrected chi connectivity index (χ3v) is 3.86. The van der Waals surface area contributed by atoms with Crippen LogP contribution in [0.4, 0.5) is 18.9 Å². The number of para-hydroxylation sites is 1. The fourth-order valence-electron chi connectivity index (χ4n) is 1.70. The SMILES string of the molecule is NC(=Nc1ccccc1C(F)(F)F)SCc1ccc(Cl)cc1. The summed E-state index contributed by atoms with van der Waals surface area (Å²) in [7, 11) is 0. The first-order valence-corrected chi connectivity index (χ1v) is 7.60. The van der Waals surface area contributed by atoms with E-state index in [9.17, 15) is 13.2 Å². The first kappa shape index (κ1) is 16.7. The third-order valence-electron chi connectivity index (χ3n) is 2.74. The lowest BCUT2D eigenvalue weighted by molar-refractivity contribution is -0.137. The van der Waals surface area contributed by atoms with Crippen molar-refractivity contribution in [1.82, 2.24) is 0 Å². The number of hydrogen-bond acceptors (Lipinski definition) is 2. The van der Waals surface area contributed by atoms with E-state index in [1.165, 1.54) is 30.0 Å². The van der Waals surface area contributed by atoms with E-state index < -0.39 is 11.7 Å². The quantitative estimate of drug-likeness (QED) is 0.611. The van der Waals surface area contributed by atoms with E-state index in [1.54, 1.807) is 12.1 Å². The first-order chi connectivity index (χ1) is 10.4. The number of thioether (sulfide) groups is 1. The predicted octanol–water partition coefficient (Wildman–Crippen LogP) is 5.24. The topological polar surface area (TPSA) is 38.4 Å². The minimum atomic E-state index is -4.46. The Morgan fingerprint density at radius 2 is 1.73 bits per heavy atom. The summed E-state index contributed by atoms with van der Waals surface area (Å²) < 4.78 is 38.6. The monoisotopic (exact) mass is 344 g/mol. The highest BCUT2D eigenvalue weighted by molar-refractivity contribution is 8.13. The van der Waals surface area contributed by atoms with Crippen LogP contribution in [0.5, 0.6) is 0 Å². The summed E-state index contributed by atoms with van der Waals surface area (Å²) in [6, 6.07) is 12.2. The van der Waals surface area contributed by atoms with Crippen molar-refractivity contribution in [2.75, 3.05) is 0 Å². The molecule has 0 fully saturated rings. The Labute approximate surface area is 135 Å². The summed E-state index contributed by atoms with van der Waals surface area (Å²) in [6.45, 7) is 0. The maximum absolute atomic E-state index is 12.9. The molecular formula is C15H12ClF3N2S. The summed E-state index contributed by atoms with van der Waals surface area (Å²) in [5, 5.41) is 0.696. The summed E-state index contributed by atoms with van der Waals surface area (Å²) in [5.41, 5.74) is 5.69. The highest BCUT2D eigenvalue weighted by Crippen LogP contribution is 2.36. The first-order valence-electron chi connectivity index (χ1n) is 6.24. The Balaban J connectivity index is 2.11. The van der Waals surface area contributed by atoms with Gasteiger partial charge >= 0.3 is 6.18 Å². The molecule has 0 saturated heterocycles. The van der Waals surface area contributed by atoms with Crippen LogP contribution in [0, 0.1) is 0 Å². The van der Waals surface area contributed by atoms with E-state index in [1.807, 2.05) is 12.1 Å². The highest BCUT2D eigenvalue weighted by Gasteiger charge is 2.33. The standard InChI is InChI=1S/C15H12ClF3N2S/c16-11-7-5-10(6-8-11)9-22-14(20)21-13-4-2-1-3-12(13)15(17,18)19/h1-8H,9H2,(H2,20,21). The highest BCUT2D eigenvalue weighted by atomic mass is 35.5. The smallest absolute Gasteiger partial charge is 0.378 e. The van der Waals surface area contributed by atoms with Crippen molar-refractivity contribution in [3.05, 3.63) is 64.7 Å². The van der Waals surface area contributed by atoms with Crippen LogP contribution >= 0.6 is 23.4 Å². The number of nitrogens with zero attached hydrogens (tertiary/aromatic N) is 1. The van der Waals surface area contributed by atoms with Crippen LogP contribution in [0.1, 0.15) is 11.1 Å². The van der Waals surface area contributed by atoms with Crippen LogP contribution in [0.3, 0.4) is 0 Å². The number of halogens is 4. The molecule has 7 heteroatoms. The molecule has 0 aromatic heterocycles. The number of nitrogens with two attached hydrogens (primary N) is 1. The van der Waals surface area contributed by atoms with Crippen molar-refractivity contribution >= 4 is 34.2 Å². The molecule has 2 aromatic carbocycles. The fraction of sp³-hybridized carbons (Fsp3) is 0.133. The van der Waals surface area contributed by atoms with Crippen LogP contribution in [0.25, 0.3) is 0 Å². The van der Waals surface area contributed by atoms with Crippen LogP contribution in [-0.4, -0.2) is 5.17 Å². The molecule has 0 atom stereocenters. The largest absolute Gasteiger partial charge is 0.418 e. The zero-order valence-electron chi connectivity index (χ0n) is 11.3. The zero-order chi connectivity index (χ0) is 16.2. The molecule has 0 unspecified atom stereocenters. The van der Waals surface area contributed by atoms with Gasteiger partial charge in [-0.3, -0.25) is 0 Å². The number of rotatable bonds is 3. The van der Waals surface area contributed by atoms with Gasteiger partial charge in [-0.05, 0) is 29.8 Å². The maximum atomic E-state index is 12.9. The van der Waals surface area contributed by atoms with E-state index in [0.717, 1.165) is 11.6 Å². The van der Waals surface area contributed by atoms with Crippen molar-refractivity contribution in [2.24, 2.45) is 10.7 Å². The van der Waals surface area contributed by atoms with Gasteiger partial charge in [-0.25, -0.2) is 4.99 Å². The van der Waals surface area contributed by atoms with E-state index in [-0.39, 0.29) is 10.9 Å². The van der Waals surface area contributed by atoms with Crippen molar-refractivity contribution in [3.8, 4) is 0 Å². The van der Waals surface area contributed by atoms with Crippen LogP contribution in [-0.2, 0) is 11.9 Å². The van der Waals surface area contributed by atoms with E-state index in [4.69, 9.17) is 17.3 Å². The number of alkyl halides is 3. The molecule has 0 spiro atoms. The lowest BCUT2D eigenvalue weighted by atomic mass is 10.2. The third kappa shape index (κ3) is 4.68. The van der Waals surface area contributed by atoms with Crippen molar-refractivity contribution in [1.29, 1.82) is 0 Å². The zero-order valence-corrected chi connectivity index (χ0v) is 12.8. The van der Waals surface area contributed by atoms with Gasteiger partial charge in [-0.1, -0.05) is 47.6 Å². The molecular weight excluding hydrogens is 333 g/mol. The van der Waals surface area contributed by atoms with E-state index >= 15 is 0 Å². The molecule has 0 bridgehead atoms. The molecule has 0 heterocycles. The molecule has 2 N–H and O–H groups in total. The number of benzene rings is 2. The van der Waals surface area contributed by atoms with E-state index in [0.29, 0.717) is 10.8 Å². The number of aliphatic imine (C=N–C) groups is 1. The normalized spacial score (nSPS) is 12.5. The van der Waals surface area contributed by atoms with Gasteiger partial charge in [0, 0.05) is 10.8 Å². The lowest BCUT2D eigenvalue weighted by Gasteiger charge is -2.10. The van der Waals surface area contributed by atoms with Gasteiger partial charge in [0.2, 0.25) is 0 Å². The van der Waals surface area contributed by atoms with Gasteiger partial charge in [0.1, 0.15) is 0 Å². The molecule has 116 valence electrons. The molecule has 0 aliphatic heterocycles. The molecule has 0 amide bonds. The molecule has 0 aliphatic rings. The average molecular weight is 345 g/mol. The Bertz CT molecular complexity index is 669. The minimum Gasteiger partial charge on any atom is -0.378 e. The Kier molecular flexibility index (Phi) is 5.37. The minimum absolute atomic E-state index is 0.0756. The average Bonchev–Trinajstić information content (AvgIpc) is 2.46. The Morgan fingerprint density at radius 3 is 2.36 bits per heavy atom. The predicted molar refractivity (Wildman–Crippen MR) is 85.5 cm³/mol. The van der Waals surface area contributed by atoms with Crippen LogP contribution in [0.2, 0.25) is 5.02 Å². The van der Waals surface area contributed by atoms with Crippen LogP contribution in [0.15, 0.2) is 53.5 Å². The number of hydrogen-bond donors (Lipinski definition) is 1. The summed E-state index contributed by atoms with van der Waals surface area (Å²) in [6.07, 6.45) is -4.46. The van der Waals surface area contributed by atoms with Gasteiger partial charge < -0.3 is 5.73 Å². The second kappa shape index (κ2) is 7.07. The second-order valence-electron chi connectivity index (χ2n) is 4.38. The van der Waals surface area contributed by atoms with Crippen molar-refractivity contribution in [2.45, 2.75) is 11.9 Å². The van der Waals surface area contributed by atoms with Gasteiger partial charge in [-0.15, -0.1) is 0 Å². The summed E-state index contributed by atoms with van der Waals surface area (Å²) in [5.74, 6) is 0.501. The van der Waals surface area contributed by atoms with Gasteiger partial charge in [0.05, 0.1) is 11.3 Å². The molecule has 0 saturated carbocycles. The molecule has 2 aromatic rings. The summed E-state index contributed by atoms with van der Waals surface area (Å²) >= 11 is 6.95. The van der Waals surface area contributed by atoms with Gasteiger partial charge in [0.15, 0.2) is 5.17 Å². The summed E-state index contributed by atoms with van der Waals surface area (Å²) in [4.78, 5) is 3.87. The van der Waals surface area contributed by atoms with Crippen LogP contribution < -0.4 is 5.73 Å². The molecule has 2 rings (SSSR count). The fourth-order valence-corrected chi connectivity index (χ4v) is 2.50. The molecule has 0 aliphatic carbocycles. The lowest BCUT2D eigenvalue weighted by Crippen LogP contribution is -2.09. The molecule has 2 nitrogen and oxygen atoms in total. The van der Waals surface area contributed by atoms with E-state index in [2.05, 4.69) is 4.99 Å². The molecule has 0 radical (unpaired) electrons. The van der Waals surface area contributed by atoms with Crippen molar-refractivity contribution < 1.29 is 13.2 Å². The van der Waals surface area contributed by atoms with Crippen molar-refractivity contribution in [3.63, 3.8) is 0 Å². The Hall–Kier alpha value is -1.66. The molecule has 22 heavy (non-hydrogen) atoms. The number of amidine groups is 1. The maximum Gasteiger partial charge on any atom is 0.418 e. The second-order valence-corrected chi connectivity index (χ2v) is 5.81. The van der Waals surface area contributed by atoms with Gasteiger partial charge in [0.25, 0.3) is 0 Å². The van der Waals surface area contributed by atoms with Gasteiger partial charge in [-0.2, -0.15) is 13.2 Å². The Morgan fingerprint density at radius 1 is 1.09 bits per heavy atom.